The smallest absolute Gasteiger partial charge is 0.252 e. The molecule has 0 bridgehead atoms. The second-order valence-corrected chi connectivity index (χ2v) is 8.49. The van der Waals surface area contributed by atoms with Gasteiger partial charge in [-0.3, -0.25) is 4.79 Å². The van der Waals surface area contributed by atoms with Crippen molar-refractivity contribution >= 4 is 20.9 Å². The van der Waals surface area contributed by atoms with Gasteiger partial charge in [-0.25, -0.2) is 12.8 Å². The molecule has 7 nitrogen and oxygen atoms in total. The number of hydrogen-bond donors (Lipinski definition) is 2. The molecule has 0 fully saturated rings. The number of H-pyrrole nitrogens is 1. The molecule has 0 spiro atoms. The van der Waals surface area contributed by atoms with Crippen LogP contribution in [0.25, 0.3) is 10.9 Å². The lowest BCUT2D eigenvalue weighted by atomic mass is 10.1. The third kappa shape index (κ3) is 4.31. The fraction of sp³-hybridized carbons (Fsp3) is 0.250. The zero-order chi connectivity index (χ0) is 21.2. The predicted molar refractivity (Wildman–Crippen MR) is 107 cm³/mol. The molecule has 0 radical (unpaired) electrons. The number of hydrogen-bond acceptors (Lipinski definition) is 5. The van der Waals surface area contributed by atoms with E-state index in [1.807, 2.05) is 0 Å². The minimum absolute atomic E-state index is 0.105. The van der Waals surface area contributed by atoms with E-state index in [1.54, 1.807) is 24.3 Å². The van der Waals surface area contributed by atoms with Gasteiger partial charge in [-0.1, -0.05) is 0 Å². The van der Waals surface area contributed by atoms with Crippen molar-refractivity contribution in [1.82, 2.24) is 9.29 Å². The van der Waals surface area contributed by atoms with Crippen LogP contribution in [0.2, 0.25) is 0 Å². The van der Waals surface area contributed by atoms with Gasteiger partial charge in [0.2, 0.25) is 10.0 Å². The molecular weight excluding hydrogens is 399 g/mol. The van der Waals surface area contributed by atoms with Crippen LogP contribution in [-0.2, 0) is 16.6 Å². The lowest BCUT2D eigenvalue weighted by molar-refractivity contribution is 0.251. The number of aromatic nitrogens is 1. The highest BCUT2D eigenvalue weighted by atomic mass is 32.2. The lowest BCUT2D eigenvalue weighted by Crippen LogP contribution is -2.35. The third-order valence-electron chi connectivity index (χ3n) is 4.59. The van der Waals surface area contributed by atoms with Crippen LogP contribution in [0.3, 0.4) is 0 Å². The van der Waals surface area contributed by atoms with E-state index in [0.29, 0.717) is 16.7 Å². The molecular formula is C20H21FN2O5S. The summed E-state index contributed by atoms with van der Waals surface area (Å²) in [5.74, 6) is 0.0659. The average molecular weight is 420 g/mol. The maximum atomic E-state index is 13.5. The Morgan fingerprint density at radius 2 is 1.93 bits per heavy atom. The van der Waals surface area contributed by atoms with Crippen LogP contribution in [0.15, 0.2) is 52.2 Å². The van der Waals surface area contributed by atoms with E-state index in [1.165, 1.54) is 26.2 Å². The van der Waals surface area contributed by atoms with Crippen molar-refractivity contribution in [3.63, 3.8) is 0 Å². The maximum absolute atomic E-state index is 13.5. The summed E-state index contributed by atoms with van der Waals surface area (Å²) in [6.45, 7) is 0.588. The number of aliphatic hydroxyl groups is 1. The fourth-order valence-corrected chi connectivity index (χ4v) is 4.48. The number of ether oxygens (including phenoxy) is 1. The van der Waals surface area contributed by atoms with Crippen LogP contribution in [0, 0.1) is 12.7 Å². The summed E-state index contributed by atoms with van der Waals surface area (Å²) in [7, 11) is -2.53. The van der Waals surface area contributed by atoms with Gasteiger partial charge in [0.1, 0.15) is 11.6 Å². The van der Waals surface area contributed by atoms with E-state index in [-0.39, 0.29) is 29.1 Å². The van der Waals surface area contributed by atoms with E-state index in [9.17, 15) is 22.7 Å². The number of rotatable bonds is 7. The Labute approximate surface area is 167 Å². The largest absolute Gasteiger partial charge is 0.497 e. The molecule has 3 aromatic rings. The van der Waals surface area contributed by atoms with Crippen molar-refractivity contribution in [1.29, 1.82) is 0 Å². The van der Waals surface area contributed by atoms with E-state index in [2.05, 4.69) is 4.98 Å². The molecule has 0 aliphatic heterocycles. The quantitative estimate of drug-likeness (QED) is 0.610. The summed E-state index contributed by atoms with van der Waals surface area (Å²) in [4.78, 5) is 15.1. The first kappa shape index (κ1) is 21.0. The van der Waals surface area contributed by atoms with Crippen molar-refractivity contribution < 1.29 is 22.7 Å². The zero-order valence-corrected chi connectivity index (χ0v) is 16.8. The van der Waals surface area contributed by atoms with Crippen LogP contribution in [0.5, 0.6) is 5.75 Å². The molecule has 0 unspecified atom stereocenters. The molecule has 0 saturated heterocycles. The number of nitrogens with one attached hydrogen (secondary N) is 1. The van der Waals surface area contributed by atoms with E-state index < -0.39 is 28.0 Å². The molecule has 0 amide bonds. The number of sulfonamides is 1. The van der Waals surface area contributed by atoms with Gasteiger partial charge in [-0.2, -0.15) is 4.31 Å². The van der Waals surface area contributed by atoms with Gasteiger partial charge >= 0.3 is 0 Å². The molecule has 2 aromatic carbocycles. The lowest BCUT2D eigenvalue weighted by Gasteiger charge is -2.21. The first-order valence-corrected chi connectivity index (χ1v) is 10.3. The summed E-state index contributed by atoms with van der Waals surface area (Å²) in [5.41, 5.74) is 0.522. The Morgan fingerprint density at radius 3 is 2.59 bits per heavy atom. The Bertz CT molecular complexity index is 1210. The number of halogens is 1. The number of benzene rings is 2. The molecule has 0 aliphatic carbocycles. The standard InChI is InChI=1S/C20H21FN2O5S/c1-13-9-17(5-6-18(13)21)29(26,27)23(7-8-24)12-15-10-14-3-4-16(28-2)11-19(14)22-20(15)25/h3-6,9-11,24H,7-8,12H2,1-2H3,(H,22,25). The molecule has 0 saturated carbocycles. The van der Waals surface area contributed by atoms with Crippen LogP contribution < -0.4 is 10.3 Å². The van der Waals surface area contributed by atoms with Crippen molar-refractivity contribution in [3.05, 3.63) is 69.8 Å². The Hall–Kier alpha value is -2.75. The number of methoxy groups -OCH3 is 1. The minimum atomic E-state index is -4.05. The normalized spacial score (nSPS) is 11.9. The average Bonchev–Trinajstić information content (AvgIpc) is 2.69. The molecule has 3 rings (SSSR count). The first-order valence-electron chi connectivity index (χ1n) is 8.83. The van der Waals surface area contributed by atoms with Crippen molar-refractivity contribution in [3.8, 4) is 5.75 Å². The first-order chi connectivity index (χ1) is 13.8. The third-order valence-corrected chi connectivity index (χ3v) is 6.43. The van der Waals surface area contributed by atoms with Gasteiger partial charge in [-0.15, -0.1) is 0 Å². The van der Waals surface area contributed by atoms with Crippen LogP contribution in [0.1, 0.15) is 11.1 Å². The van der Waals surface area contributed by atoms with Gasteiger partial charge in [0.15, 0.2) is 0 Å². The fourth-order valence-electron chi connectivity index (χ4n) is 2.98. The van der Waals surface area contributed by atoms with Crippen molar-refractivity contribution in [2.75, 3.05) is 20.3 Å². The Morgan fingerprint density at radius 1 is 1.17 bits per heavy atom. The van der Waals surface area contributed by atoms with Gasteiger partial charge in [0, 0.05) is 24.7 Å². The second-order valence-electron chi connectivity index (χ2n) is 6.55. The minimum Gasteiger partial charge on any atom is -0.497 e. The van der Waals surface area contributed by atoms with Crippen LogP contribution in [-0.4, -0.2) is 43.1 Å². The van der Waals surface area contributed by atoms with Crippen molar-refractivity contribution in [2.45, 2.75) is 18.4 Å². The monoisotopic (exact) mass is 420 g/mol. The molecule has 0 atom stereocenters. The van der Waals surface area contributed by atoms with Crippen molar-refractivity contribution in [2.24, 2.45) is 0 Å². The Balaban J connectivity index is 2.01. The molecule has 9 heteroatoms. The summed E-state index contributed by atoms with van der Waals surface area (Å²) >= 11 is 0. The van der Waals surface area contributed by atoms with Crippen LogP contribution >= 0.6 is 0 Å². The number of aliphatic hydroxyl groups excluding tert-OH is 1. The number of aromatic amines is 1. The predicted octanol–water partition coefficient (Wildman–Crippen LogP) is 2.17. The van der Waals surface area contributed by atoms with Gasteiger partial charge < -0.3 is 14.8 Å². The molecule has 1 aromatic heterocycles. The highest BCUT2D eigenvalue weighted by Crippen LogP contribution is 2.22. The summed E-state index contributed by atoms with van der Waals surface area (Å²) in [5, 5.41) is 10.1. The SMILES string of the molecule is COc1ccc2cc(CN(CCO)S(=O)(=O)c3ccc(F)c(C)c3)c(=O)[nH]c2c1. The maximum Gasteiger partial charge on any atom is 0.252 e. The van der Waals surface area contributed by atoms with Gasteiger partial charge in [-0.05, 0) is 54.3 Å². The molecule has 0 aliphatic rings. The highest BCUT2D eigenvalue weighted by Gasteiger charge is 2.26. The number of aryl methyl sites for hydroxylation is 1. The van der Waals surface area contributed by atoms with Crippen LogP contribution in [0.4, 0.5) is 4.39 Å². The number of fused-ring (bicyclic) bond motifs is 1. The second kappa shape index (κ2) is 8.32. The summed E-state index contributed by atoms with van der Waals surface area (Å²) in [6, 6.07) is 10.2. The molecule has 29 heavy (non-hydrogen) atoms. The molecule has 2 N–H and O–H groups in total. The van der Waals surface area contributed by atoms with Gasteiger partial charge in [0.05, 0.1) is 24.1 Å². The zero-order valence-electron chi connectivity index (χ0n) is 16.0. The topological polar surface area (TPSA) is 99.7 Å². The van der Waals surface area contributed by atoms with E-state index in [0.717, 1.165) is 10.4 Å². The number of pyridine rings is 1. The summed E-state index contributed by atoms with van der Waals surface area (Å²) in [6.07, 6.45) is 0. The highest BCUT2D eigenvalue weighted by molar-refractivity contribution is 7.89. The molecule has 1 heterocycles. The van der Waals surface area contributed by atoms with Gasteiger partial charge in [0.25, 0.3) is 5.56 Å². The number of nitrogens with zero attached hydrogens (tertiary/aromatic N) is 1. The van der Waals surface area contributed by atoms with E-state index in [4.69, 9.17) is 4.74 Å². The summed E-state index contributed by atoms with van der Waals surface area (Å²) < 4.78 is 45.7. The Kier molecular flexibility index (Phi) is 6.02. The molecule has 154 valence electrons. The van der Waals surface area contributed by atoms with E-state index >= 15 is 0 Å².